The predicted octanol–water partition coefficient (Wildman–Crippen LogP) is 3.27. The molecule has 0 saturated heterocycles. The van der Waals surface area contributed by atoms with Crippen molar-refractivity contribution in [2.45, 2.75) is 50.6 Å². The molecule has 0 aliphatic heterocycles. The minimum atomic E-state index is 0.0354. The molecule has 0 bridgehead atoms. The van der Waals surface area contributed by atoms with Gasteiger partial charge in [-0.15, -0.1) is 0 Å². The van der Waals surface area contributed by atoms with E-state index in [1.54, 1.807) is 0 Å². The van der Waals surface area contributed by atoms with E-state index in [-0.39, 0.29) is 18.7 Å². The van der Waals surface area contributed by atoms with Crippen LogP contribution in [0.1, 0.15) is 49.3 Å². The van der Waals surface area contributed by atoms with Crippen molar-refractivity contribution in [3.63, 3.8) is 0 Å². The number of rotatable bonds is 6. The van der Waals surface area contributed by atoms with Crippen LogP contribution in [0, 0.1) is 0 Å². The number of aliphatic hydroxyl groups excluding tert-OH is 1. The van der Waals surface area contributed by atoms with Gasteiger partial charge in [0.25, 0.3) is 0 Å². The Hall–Kier alpha value is -1.26. The first kappa shape index (κ1) is 15.6. The molecule has 0 spiro atoms. The third-order valence-corrected chi connectivity index (χ3v) is 4.77. The van der Waals surface area contributed by atoms with Crippen molar-refractivity contribution in [2.24, 2.45) is 0 Å². The molecule has 3 rings (SSSR count). The summed E-state index contributed by atoms with van der Waals surface area (Å²) in [5, 5.41) is 12.8. The number of amides is 2. The average Bonchev–Trinajstić information content (AvgIpc) is 3.26. The molecule has 1 unspecified atom stereocenters. The van der Waals surface area contributed by atoms with Gasteiger partial charge in [0.2, 0.25) is 0 Å². The SMILES string of the molecule is O=C(NC1CCc2cc(Cl)ccc21)N(CCCCO)C1CC1. The number of hydrogen-bond acceptors (Lipinski definition) is 2. The largest absolute Gasteiger partial charge is 0.396 e. The molecule has 2 N–H and O–H groups in total. The summed E-state index contributed by atoms with van der Waals surface area (Å²) in [4.78, 5) is 14.5. The number of fused-ring (bicyclic) bond motifs is 1. The Balaban J connectivity index is 1.61. The molecule has 0 radical (unpaired) electrons. The zero-order valence-corrected chi connectivity index (χ0v) is 13.5. The fraction of sp³-hybridized carbons (Fsp3) is 0.588. The molecule has 22 heavy (non-hydrogen) atoms. The molecule has 0 heterocycles. The molecule has 2 amide bonds. The summed E-state index contributed by atoms with van der Waals surface area (Å²) in [6.45, 7) is 0.925. The van der Waals surface area contributed by atoms with Crippen molar-refractivity contribution < 1.29 is 9.90 Å². The van der Waals surface area contributed by atoms with Crippen LogP contribution in [0.4, 0.5) is 4.79 Å². The Bertz CT molecular complexity index is 545. The van der Waals surface area contributed by atoms with Crippen molar-refractivity contribution in [1.82, 2.24) is 10.2 Å². The van der Waals surface area contributed by atoms with Gasteiger partial charge < -0.3 is 15.3 Å². The van der Waals surface area contributed by atoms with Crippen LogP contribution >= 0.6 is 11.6 Å². The number of benzene rings is 1. The molecule has 1 aromatic rings. The Kier molecular flexibility index (Phi) is 4.89. The monoisotopic (exact) mass is 322 g/mol. The lowest BCUT2D eigenvalue weighted by Gasteiger charge is -2.25. The molecule has 1 saturated carbocycles. The van der Waals surface area contributed by atoms with Crippen LogP contribution in [0.2, 0.25) is 5.02 Å². The number of urea groups is 1. The first-order valence-electron chi connectivity index (χ1n) is 8.15. The maximum atomic E-state index is 12.6. The van der Waals surface area contributed by atoms with Gasteiger partial charge in [-0.3, -0.25) is 0 Å². The summed E-state index contributed by atoms with van der Waals surface area (Å²) in [6.07, 6.45) is 5.72. The minimum Gasteiger partial charge on any atom is -0.396 e. The van der Waals surface area contributed by atoms with Gasteiger partial charge in [0, 0.05) is 24.2 Å². The molecule has 1 atom stereocenters. The van der Waals surface area contributed by atoms with Crippen LogP contribution in [0.15, 0.2) is 18.2 Å². The summed E-state index contributed by atoms with van der Waals surface area (Å²) in [5.74, 6) is 0. The number of carbonyl (C=O) groups is 1. The second kappa shape index (κ2) is 6.88. The number of carbonyl (C=O) groups excluding carboxylic acids is 1. The van der Waals surface area contributed by atoms with Gasteiger partial charge in [0.1, 0.15) is 0 Å². The van der Waals surface area contributed by atoms with Gasteiger partial charge in [0.05, 0.1) is 6.04 Å². The quantitative estimate of drug-likeness (QED) is 0.790. The number of aryl methyl sites for hydroxylation is 1. The summed E-state index contributed by atoms with van der Waals surface area (Å²) in [7, 11) is 0. The van der Waals surface area contributed by atoms with Crippen LogP contribution in [0.3, 0.4) is 0 Å². The second-order valence-electron chi connectivity index (χ2n) is 6.24. The maximum absolute atomic E-state index is 12.6. The predicted molar refractivity (Wildman–Crippen MR) is 87.1 cm³/mol. The van der Waals surface area contributed by atoms with E-state index in [9.17, 15) is 4.79 Å². The van der Waals surface area contributed by atoms with Crippen molar-refractivity contribution >= 4 is 17.6 Å². The Morgan fingerprint density at radius 3 is 2.86 bits per heavy atom. The highest BCUT2D eigenvalue weighted by molar-refractivity contribution is 6.30. The van der Waals surface area contributed by atoms with Crippen LogP contribution < -0.4 is 5.32 Å². The van der Waals surface area contributed by atoms with Crippen LogP contribution in [0.5, 0.6) is 0 Å². The van der Waals surface area contributed by atoms with Crippen LogP contribution in [-0.2, 0) is 6.42 Å². The fourth-order valence-electron chi connectivity index (χ4n) is 3.20. The van der Waals surface area contributed by atoms with E-state index in [0.29, 0.717) is 6.04 Å². The standard InChI is InChI=1S/C17H23ClN2O2/c18-13-4-7-15-12(11-13)3-8-16(15)19-17(22)20(14-5-6-14)9-1-2-10-21/h4,7,11,14,16,21H,1-3,5-6,8-10H2,(H,19,22). The Morgan fingerprint density at radius 1 is 1.32 bits per heavy atom. The zero-order chi connectivity index (χ0) is 15.5. The zero-order valence-electron chi connectivity index (χ0n) is 12.7. The number of hydrogen-bond donors (Lipinski definition) is 2. The summed E-state index contributed by atoms with van der Waals surface area (Å²) < 4.78 is 0. The molecule has 5 heteroatoms. The average molecular weight is 323 g/mol. The van der Waals surface area contributed by atoms with E-state index in [4.69, 9.17) is 16.7 Å². The summed E-state index contributed by atoms with van der Waals surface area (Å²) in [5.41, 5.74) is 2.44. The van der Waals surface area contributed by atoms with E-state index in [0.717, 1.165) is 50.1 Å². The van der Waals surface area contributed by atoms with E-state index in [2.05, 4.69) is 5.32 Å². The third-order valence-electron chi connectivity index (χ3n) is 4.54. The number of halogens is 1. The number of aliphatic hydroxyl groups is 1. The molecule has 1 fully saturated rings. The lowest BCUT2D eigenvalue weighted by Crippen LogP contribution is -2.43. The molecular weight excluding hydrogens is 300 g/mol. The van der Waals surface area contributed by atoms with E-state index in [1.165, 1.54) is 11.1 Å². The highest BCUT2D eigenvalue weighted by Gasteiger charge is 2.34. The van der Waals surface area contributed by atoms with Crippen LogP contribution in [0.25, 0.3) is 0 Å². The number of nitrogens with one attached hydrogen (secondary N) is 1. The maximum Gasteiger partial charge on any atom is 0.318 e. The number of nitrogens with zero attached hydrogens (tertiary/aromatic N) is 1. The molecular formula is C17H23ClN2O2. The fourth-order valence-corrected chi connectivity index (χ4v) is 3.39. The molecule has 120 valence electrons. The minimum absolute atomic E-state index is 0.0354. The second-order valence-corrected chi connectivity index (χ2v) is 6.68. The van der Waals surface area contributed by atoms with Gasteiger partial charge in [-0.2, -0.15) is 0 Å². The smallest absolute Gasteiger partial charge is 0.318 e. The van der Waals surface area contributed by atoms with Gasteiger partial charge in [0.15, 0.2) is 0 Å². The Labute approximate surface area is 136 Å². The molecule has 2 aliphatic carbocycles. The van der Waals surface area contributed by atoms with Crippen LogP contribution in [-0.4, -0.2) is 35.2 Å². The normalized spacial score (nSPS) is 19.8. The topological polar surface area (TPSA) is 52.6 Å². The molecule has 1 aromatic carbocycles. The molecule has 0 aromatic heterocycles. The highest BCUT2D eigenvalue weighted by atomic mass is 35.5. The Morgan fingerprint density at radius 2 is 2.14 bits per heavy atom. The summed E-state index contributed by atoms with van der Waals surface area (Å²) in [6, 6.07) is 6.45. The van der Waals surface area contributed by atoms with Crippen molar-refractivity contribution in [2.75, 3.05) is 13.2 Å². The van der Waals surface area contributed by atoms with Crippen molar-refractivity contribution in [3.05, 3.63) is 34.3 Å². The lowest BCUT2D eigenvalue weighted by atomic mass is 10.1. The molecule has 2 aliphatic rings. The van der Waals surface area contributed by atoms with Crippen molar-refractivity contribution in [1.29, 1.82) is 0 Å². The van der Waals surface area contributed by atoms with E-state index < -0.39 is 0 Å². The van der Waals surface area contributed by atoms with Crippen molar-refractivity contribution in [3.8, 4) is 0 Å². The van der Waals surface area contributed by atoms with Gasteiger partial charge in [-0.1, -0.05) is 17.7 Å². The van der Waals surface area contributed by atoms with Gasteiger partial charge >= 0.3 is 6.03 Å². The van der Waals surface area contributed by atoms with E-state index >= 15 is 0 Å². The van der Waals surface area contributed by atoms with E-state index in [1.807, 2.05) is 23.1 Å². The highest BCUT2D eigenvalue weighted by Crippen LogP contribution is 2.34. The van der Waals surface area contributed by atoms with Gasteiger partial charge in [-0.05, 0) is 61.8 Å². The first-order valence-corrected chi connectivity index (χ1v) is 8.53. The summed E-state index contributed by atoms with van der Waals surface area (Å²) >= 11 is 6.03. The lowest BCUT2D eigenvalue weighted by molar-refractivity contribution is 0.186. The molecule has 4 nitrogen and oxygen atoms in total. The first-order chi connectivity index (χ1) is 10.7. The number of unbranched alkanes of at least 4 members (excludes halogenated alkanes) is 1. The third kappa shape index (κ3) is 3.55. The van der Waals surface area contributed by atoms with Gasteiger partial charge in [-0.25, -0.2) is 4.79 Å².